The summed E-state index contributed by atoms with van der Waals surface area (Å²) in [6.45, 7) is 7.17. The lowest BCUT2D eigenvalue weighted by atomic mass is 9.55. The zero-order valence-corrected chi connectivity index (χ0v) is 39.1. The minimum absolute atomic E-state index is 0.0172. The van der Waals surface area contributed by atoms with Crippen LogP contribution in [-0.2, 0) is 34.1 Å². The molecule has 0 saturated heterocycles. The second kappa shape index (κ2) is 23.1. The fraction of sp³-hybridized carbons (Fsp3) is 0.482. The number of aliphatic hydroxyl groups excluding tert-OH is 2. The van der Waals surface area contributed by atoms with E-state index in [2.05, 4.69) is 23.7 Å². The third-order valence-corrected chi connectivity index (χ3v) is 14.4. The maximum atomic E-state index is 15.2. The summed E-state index contributed by atoms with van der Waals surface area (Å²) in [5, 5.41) is 25.1. The largest absolute Gasteiger partial charge is 0.487 e. The van der Waals surface area contributed by atoms with Crippen molar-refractivity contribution in [3.63, 3.8) is 0 Å². The van der Waals surface area contributed by atoms with E-state index >= 15 is 4.79 Å². The Morgan fingerprint density at radius 2 is 1.70 bits per heavy atom. The smallest absolute Gasteiger partial charge is 0.239 e. The van der Waals surface area contributed by atoms with Crippen LogP contribution in [0.15, 0.2) is 120 Å². The number of oxime groups is 1. The molecule has 11 heteroatoms. The fourth-order valence-electron chi connectivity index (χ4n) is 11.3. The van der Waals surface area contributed by atoms with Crippen LogP contribution in [-0.4, -0.2) is 63.4 Å². The third-order valence-electron chi connectivity index (χ3n) is 14.4. The molecule has 1 aromatic heterocycles. The number of halogens is 1. The number of aryl methyl sites for hydroxylation is 1. The number of fused-ring (bicyclic) bond motifs is 2. The van der Waals surface area contributed by atoms with Crippen molar-refractivity contribution in [3.8, 4) is 11.5 Å². The van der Waals surface area contributed by atoms with E-state index < -0.39 is 17.7 Å². The first kappa shape index (κ1) is 48.1. The van der Waals surface area contributed by atoms with Gasteiger partial charge in [0, 0.05) is 49.8 Å². The van der Waals surface area contributed by atoms with Crippen LogP contribution in [0.2, 0.25) is 0 Å². The highest BCUT2D eigenvalue weighted by Gasteiger charge is 2.65. The van der Waals surface area contributed by atoms with Crippen LogP contribution in [0.3, 0.4) is 0 Å². The molecular weight excluding hydrogens is 846 g/mol. The van der Waals surface area contributed by atoms with Gasteiger partial charge >= 0.3 is 0 Å². The van der Waals surface area contributed by atoms with Gasteiger partial charge in [0.2, 0.25) is 11.7 Å². The number of benzene rings is 3. The molecule has 2 fully saturated rings. The van der Waals surface area contributed by atoms with Crippen LogP contribution in [0.1, 0.15) is 117 Å². The van der Waals surface area contributed by atoms with E-state index in [0.29, 0.717) is 36.7 Å². The van der Waals surface area contributed by atoms with Crippen LogP contribution in [0.4, 0.5) is 4.39 Å². The summed E-state index contributed by atoms with van der Waals surface area (Å²) in [6, 6.07) is 27.6. The maximum Gasteiger partial charge on any atom is 0.239 e. The molecule has 3 aromatic carbocycles. The van der Waals surface area contributed by atoms with Crippen molar-refractivity contribution < 1.29 is 38.4 Å². The Kier molecular flexibility index (Phi) is 16.6. The predicted molar refractivity (Wildman–Crippen MR) is 258 cm³/mol. The van der Waals surface area contributed by atoms with Gasteiger partial charge < -0.3 is 34.2 Å². The SMILES string of the molecule is C=CCOC12Oc3ccc(OCc4cccc(C)n4)cc3C3C(CCCCO)C(CCCCO)C=C(C(=NOCc4ccccc4)CC1N(Cc1ccc(F)cc1)C(=O)CCC1CCCC1)C32. The topological polar surface area (TPSA) is 123 Å². The molecule has 3 aliphatic carbocycles. The quantitative estimate of drug-likeness (QED) is 0.0428. The van der Waals surface area contributed by atoms with E-state index in [0.717, 1.165) is 84.3 Å². The van der Waals surface area contributed by atoms with Crippen molar-refractivity contribution in [1.29, 1.82) is 0 Å². The summed E-state index contributed by atoms with van der Waals surface area (Å²) >= 11 is 0. The molecule has 4 aromatic rings. The van der Waals surface area contributed by atoms with Crippen molar-refractivity contribution in [2.24, 2.45) is 28.8 Å². The van der Waals surface area contributed by atoms with Gasteiger partial charge in [0.05, 0.1) is 23.9 Å². The summed E-state index contributed by atoms with van der Waals surface area (Å²) in [5.74, 6) is -0.515. The maximum absolute atomic E-state index is 15.2. The van der Waals surface area contributed by atoms with Gasteiger partial charge in [-0.25, -0.2) is 4.39 Å². The highest BCUT2D eigenvalue weighted by Crippen LogP contribution is 2.62. The van der Waals surface area contributed by atoms with Crippen LogP contribution in [0.25, 0.3) is 0 Å². The van der Waals surface area contributed by atoms with E-state index in [9.17, 15) is 14.6 Å². The van der Waals surface area contributed by atoms with E-state index in [1.165, 1.54) is 25.0 Å². The molecule has 356 valence electrons. The minimum Gasteiger partial charge on any atom is -0.487 e. The van der Waals surface area contributed by atoms with E-state index in [1.807, 2.05) is 72.5 Å². The van der Waals surface area contributed by atoms with Crippen molar-refractivity contribution >= 4 is 11.6 Å². The Morgan fingerprint density at radius 3 is 2.45 bits per heavy atom. The number of hydrogen-bond acceptors (Lipinski definition) is 9. The Balaban J connectivity index is 1.30. The Hall–Kier alpha value is -5.36. The molecule has 6 unspecified atom stereocenters. The minimum atomic E-state index is -1.42. The normalized spacial score (nSPS) is 23.7. The molecule has 2 heterocycles. The predicted octanol–water partition coefficient (Wildman–Crippen LogP) is 10.9. The zero-order chi connectivity index (χ0) is 46.6. The van der Waals surface area contributed by atoms with Crippen LogP contribution in [0.5, 0.6) is 11.5 Å². The summed E-state index contributed by atoms with van der Waals surface area (Å²) in [6.07, 6.45) is 14.7. The number of hydrogen-bond donors (Lipinski definition) is 2. The van der Waals surface area contributed by atoms with E-state index in [4.69, 9.17) is 24.2 Å². The number of aromatic nitrogens is 1. The summed E-state index contributed by atoms with van der Waals surface area (Å²) in [7, 11) is 0. The first-order chi connectivity index (χ1) is 32.8. The Bertz CT molecular complexity index is 2310. The van der Waals surface area contributed by atoms with Gasteiger partial charge in [0.1, 0.15) is 36.6 Å². The van der Waals surface area contributed by atoms with Crippen molar-refractivity contribution in [1.82, 2.24) is 9.88 Å². The number of unbranched alkanes of at least 4 members (excludes halogenated alkanes) is 2. The van der Waals surface area contributed by atoms with Gasteiger partial charge in [-0.2, -0.15) is 0 Å². The summed E-state index contributed by atoms with van der Waals surface area (Å²) in [5.41, 5.74) is 6.18. The van der Waals surface area contributed by atoms with Crippen molar-refractivity contribution in [3.05, 3.63) is 149 Å². The number of allylic oxidation sites excluding steroid dienone is 1. The van der Waals surface area contributed by atoms with Crippen LogP contribution in [0, 0.1) is 36.4 Å². The standard InChI is InChI=1S/C56H68FN3O7/c1-3-32-65-56-52(60(36-41-22-25-44(57)26-23-41)53(63)29-24-40-15-7-8-16-40)35-50(59-66-37-42-17-5-4-6-18-42)48-33-43(19-9-11-30-61)47(21-10-12-31-62)54(55(48)56)49-34-46(27-28-51(49)67-56)64-38-45-20-13-14-39(2)58-45/h3-6,13-14,17-18,20,22-23,25-28,33-34,40,43,47,52,54-55,61-62H,1,7-12,15-16,19,21,24,29-32,35-38H2,2H3. The molecule has 0 spiro atoms. The molecule has 1 amide bonds. The molecule has 2 N–H and O–H groups in total. The molecule has 67 heavy (non-hydrogen) atoms. The highest BCUT2D eigenvalue weighted by atomic mass is 19.1. The molecule has 10 nitrogen and oxygen atoms in total. The zero-order valence-electron chi connectivity index (χ0n) is 39.1. The number of carbonyl (C=O) groups excluding carboxylic acids is 1. The van der Waals surface area contributed by atoms with Gasteiger partial charge in [0.15, 0.2) is 0 Å². The molecular formula is C56H68FN3O7. The molecule has 2 saturated carbocycles. The second-order valence-electron chi connectivity index (χ2n) is 18.9. The average Bonchev–Trinajstić information content (AvgIpc) is 3.87. The molecule has 4 aliphatic rings. The molecule has 1 aliphatic heterocycles. The second-order valence-corrected chi connectivity index (χ2v) is 18.9. The lowest BCUT2D eigenvalue weighted by Crippen LogP contribution is -2.70. The van der Waals surface area contributed by atoms with E-state index in [1.54, 1.807) is 18.2 Å². The summed E-state index contributed by atoms with van der Waals surface area (Å²) < 4.78 is 35.7. The first-order valence-electron chi connectivity index (χ1n) is 24.6. The number of pyridine rings is 1. The number of rotatable bonds is 23. The number of nitrogens with zero attached hydrogens (tertiary/aromatic N) is 3. The Morgan fingerprint density at radius 1 is 0.925 bits per heavy atom. The number of carbonyl (C=O) groups is 1. The van der Waals surface area contributed by atoms with Crippen molar-refractivity contribution in [2.75, 3.05) is 19.8 Å². The van der Waals surface area contributed by atoms with Gasteiger partial charge in [-0.3, -0.25) is 9.78 Å². The number of aliphatic hydroxyl groups is 2. The summed E-state index contributed by atoms with van der Waals surface area (Å²) in [4.78, 5) is 28.1. The fourth-order valence-corrected chi connectivity index (χ4v) is 11.3. The first-order valence-corrected chi connectivity index (χ1v) is 24.6. The van der Waals surface area contributed by atoms with Gasteiger partial charge in [-0.1, -0.05) is 104 Å². The van der Waals surface area contributed by atoms with Crippen LogP contribution >= 0.6 is 0 Å². The van der Waals surface area contributed by atoms with Gasteiger partial charge in [-0.15, -0.1) is 6.58 Å². The van der Waals surface area contributed by atoms with Gasteiger partial charge in [-0.05, 0) is 116 Å². The van der Waals surface area contributed by atoms with E-state index in [-0.39, 0.29) is 75.5 Å². The monoisotopic (exact) mass is 914 g/mol. The van der Waals surface area contributed by atoms with Crippen LogP contribution < -0.4 is 9.47 Å². The molecule has 6 atom stereocenters. The Labute approximate surface area is 395 Å². The third kappa shape index (κ3) is 11.5. The lowest BCUT2D eigenvalue weighted by molar-refractivity contribution is -0.258. The number of ether oxygens (including phenoxy) is 3. The average molecular weight is 914 g/mol. The van der Waals surface area contributed by atoms with Gasteiger partial charge in [0.25, 0.3) is 0 Å². The molecule has 0 bridgehead atoms. The molecule has 8 rings (SSSR count). The highest BCUT2D eigenvalue weighted by molar-refractivity contribution is 6.03. The van der Waals surface area contributed by atoms with Crippen molar-refractivity contribution in [2.45, 2.75) is 128 Å². The molecule has 0 radical (unpaired) electrons. The lowest BCUT2D eigenvalue weighted by Gasteiger charge is -2.60. The number of amides is 1.